The average Bonchev–Trinajstić information content (AvgIpc) is 2.68. The third kappa shape index (κ3) is 4.38. The maximum absolute atomic E-state index is 12.7. The predicted octanol–water partition coefficient (Wildman–Crippen LogP) is 4.57. The lowest BCUT2D eigenvalue weighted by Gasteiger charge is -2.37. The Labute approximate surface area is 162 Å². The highest BCUT2D eigenvalue weighted by Crippen LogP contribution is 2.28. The maximum atomic E-state index is 12.7. The highest BCUT2D eigenvalue weighted by atomic mass is 32.2. The molecule has 27 heavy (non-hydrogen) atoms. The average molecular weight is 389 g/mol. The molecule has 146 valence electrons. The third-order valence-electron chi connectivity index (χ3n) is 5.23. The molecule has 5 nitrogen and oxygen atoms in total. The third-order valence-corrected chi connectivity index (χ3v) is 6.61. The van der Waals surface area contributed by atoms with Gasteiger partial charge in [-0.1, -0.05) is 6.92 Å². The number of nitrogens with one attached hydrogen (secondary N) is 1. The lowest BCUT2D eigenvalue weighted by atomic mass is 9.99. The lowest BCUT2D eigenvalue weighted by molar-refractivity contribution is 0.411. The summed E-state index contributed by atoms with van der Waals surface area (Å²) in [6.45, 7) is 5.12. The fraction of sp³-hybridized carbons (Fsp3) is 0.429. The summed E-state index contributed by atoms with van der Waals surface area (Å²) >= 11 is 0. The van der Waals surface area contributed by atoms with Crippen molar-refractivity contribution in [2.45, 2.75) is 50.5 Å². The first-order chi connectivity index (χ1) is 12.9. The van der Waals surface area contributed by atoms with Gasteiger partial charge in [0.1, 0.15) is 5.75 Å². The van der Waals surface area contributed by atoms with Gasteiger partial charge in [0, 0.05) is 24.0 Å². The Morgan fingerprint density at radius 1 is 1.15 bits per heavy atom. The first-order valence-electron chi connectivity index (χ1n) is 9.48. The Morgan fingerprint density at radius 2 is 1.89 bits per heavy atom. The normalized spacial score (nSPS) is 17.6. The zero-order chi connectivity index (χ0) is 19.4. The fourth-order valence-corrected chi connectivity index (χ4v) is 4.86. The molecule has 0 aliphatic carbocycles. The molecule has 0 radical (unpaired) electrons. The van der Waals surface area contributed by atoms with Crippen molar-refractivity contribution in [2.24, 2.45) is 0 Å². The van der Waals surface area contributed by atoms with Crippen LogP contribution in [0.2, 0.25) is 0 Å². The number of anilines is 2. The second-order valence-corrected chi connectivity index (χ2v) is 8.72. The summed E-state index contributed by atoms with van der Waals surface area (Å²) in [7, 11) is -2.06. The van der Waals surface area contributed by atoms with Crippen molar-refractivity contribution in [1.29, 1.82) is 0 Å². The Hall–Kier alpha value is -2.21. The van der Waals surface area contributed by atoms with Gasteiger partial charge >= 0.3 is 0 Å². The SMILES string of the molecule is CCC1CCCCN1c1ccc(NS(=O)(=O)c2ccc(OC)c(C)c2)cc1. The minimum Gasteiger partial charge on any atom is -0.496 e. The largest absolute Gasteiger partial charge is 0.496 e. The Morgan fingerprint density at radius 3 is 2.52 bits per heavy atom. The standard InChI is InChI=1S/C21H28N2O3S/c1-4-18-7-5-6-14-23(18)19-10-8-17(9-11-19)22-27(24,25)20-12-13-21(26-3)16(2)15-20/h8-13,15,18,22H,4-7,14H2,1-3H3. The number of ether oxygens (including phenoxy) is 1. The number of aryl methyl sites for hydroxylation is 1. The monoisotopic (exact) mass is 388 g/mol. The van der Waals surface area contributed by atoms with E-state index in [2.05, 4.69) is 16.5 Å². The second-order valence-electron chi connectivity index (χ2n) is 7.04. The summed E-state index contributed by atoms with van der Waals surface area (Å²) in [5.41, 5.74) is 2.51. The van der Waals surface area contributed by atoms with Gasteiger partial charge in [-0.3, -0.25) is 4.72 Å². The number of nitrogens with zero attached hydrogens (tertiary/aromatic N) is 1. The van der Waals surface area contributed by atoms with Crippen LogP contribution in [0.25, 0.3) is 0 Å². The summed E-state index contributed by atoms with van der Waals surface area (Å²) in [4.78, 5) is 2.67. The molecule has 2 aromatic rings. The van der Waals surface area contributed by atoms with Gasteiger partial charge in [-0.15, -0.1) is 0 Å². The summed E-state index contributed by atoms with van der Waals surface area (Å²) in [5, 5.41) is 0. The first kappa shape index (κ1) is 19.5. The summed E-state index contributed by atoms with van der Waals surface area (Å²) in [6, 6.07) is 13.1. The number of sulfonamides is 1. The van der Waals surface area contributed by atoms with Crippen LogP contribution in [0.5, 0.6) is 5.75 Å². The smallest absolute Gasteiger partial charge is 0.261 e. The van der Waals surface area contributed by atoms with Gasteiger partial charge < -0.3 is 9.64 Å². The fourth-order valence-electron chi connectivity index (χ4n) is 3.72. The molecule has 1 saturated heterocycles. The summed E-state index contributed by atoms with van der Waals surface area (Å²) in [6.07, 6.45) is 4.85. The molecule has 1 aliphatic rings. The predicted molar refractivity (Wildman–Crippen MR) is 110 cm³/mol. The molecule has 6 heteroatoms. The number of hydrogen-bond acceptors (Lipinski definition) is 4. The highest BCUT2D eigenvalue weighted by Gasteiger charge is 2.21. The van der Waals surface area contributed by atoms with Crippen LogP contribution in [0.1, 0.15) is 38.2 Å². The van der Waals surface area contributed by atoms with Gasteiger partial charge in [0.2, 0.25) is 0 Å². The molecule has 1 aliphatic heterocycles. The first-order valence-corrected chi connectivity index (χ1v) is 11.0. The van der Waals surface area contributed by atoms with E-state index in [0.29, 0.717) is 17.5 Å². The van der Waals surface area contributed by atoms with Gasteiger partial charge in [0.25, 0.3) is 10.0 Å². The maximum Gasteiger partial charge on any atom is 0.261 e. The van der Waals surface area contributed by atoms with Crippen LogP contribution in [0.3, 0.4) is 0 Å². The Kier molecular flexibility index (Phi) is 5.95. The van der Waals surface area contributed by atoms with E-state index in [1.54, 1.807) is 25.3 Å². The minimum atomic E-state index is -3.63. The van der Waals surface area contributed by atoms with Gasteiger partial charge in [0.15, 0.2) is 0 Å². The second kappa shape index (κ2) is 8.21. The molecule has 1 N–H and O–H groups in total. The molecule has 0 aromatic heterocycles. The van der Waals surface area contributed by atoms with Gasteiger partial charge in [-0.05, 0) is 80.6 Å². The van der Waals surface area contributed by atoms with Crippen molar-refractivity contribution in [3.63, 3.8) is 0 Å². The number of benzene rings is 2. The van der Waals surface area contributed by atoms with Gasteiger partial charge in [-0.25, -0.2) is 8.42 Å². The molecule has 0 saturated carbocycles. The van der Waals surface area contributed by atoms with Crippen LogP contribution in [-0.4, -0.2) is 28.1 Å². The molecule has 2 aromatic carbocycles. The molecule has 0 amide bonds. The van der Waals surface area contributed by atoms with E-state index in [1.165, 1.54) is 19.3 Å². The number of rotatable bonds is 6. The molecule has 1 unspecified atom stereocenters. The van der Waals surface area contributed by atoms with Crippen LogP contribution in [0, 0.1) is 6.92 Å². The van der Waals surface area contributed by atoms with Crippen LogP contribution in [0.4, 0.5) is 11.4 Å². The zero-order valence-corrected chi connectivity index (χ0v) is 17.1. The van der Waals surface area contributed by atoms with Crippen molar-refractivity contribution in [2.75, 3.05) is 23.3 Å². The van der Waals surface area contributed by atoms with Crippen molar-refractivity contribution in [1.82, 2.24) is 0 Å². The zero-order valence-electron chi connectivity index (χ0n) is 16.2. The van der Waals surface area contributed by atoms with E-state index in [9.17, 15) is 8.42 Å². The molecule has 1 heterocycles. The highest BCUT2D eigenvalue weighted by molar-refractivity contribution is 7.92. The van der Waals surface area contributed by atoms with E-state index < -0.39 is 10.0 Å². The molecule has 3 rings (SSSR count). The van der Waals surface area contributed by atoms with Crippen molar-refractivity contribution < 1.29 is 13.2 Å². The minimum absolute atomic E-state index is 0.229. The number of methoxy groups -OCH3 is 1. The van der Waals surface area contributed by atoms with Crippen molar-refractivity contribution in [3.05, 3.63) is 48.0 Å². The topological polar surface area (TPSA) is 58.6 Å². The molecular formula is C21H28N2O3S. The van der Waals surface area contributed by atoms with Crippen molar-refractivity contribution in [3.8, 4) is 5.75 Å². The Bertz CT molecular complexity index is 879. The van der Waals surface area contributed by atoms with E-state index in [-0.39, 0.29) is 4.90 Å². The molecule has 0 bridgehead atoms. The van der Waals surface area contributed by atoms with Crippen LogP contribution < -0.4 is 14.4 Å². The van der Waals surface area contributed by atoms with Crippen molar-refractivity contribution >= 4 is 21.4 Å². The van der Waals surface area contributed by atoms with E-state index in [1.807, 2.05) is 31.2 Å². The summed E-state index contributed by atoms with van der Waals surface area (Å²) in [5.74, 6) is 0.672. The number of piperidine rings is 1. The van der Waals surface area contributed by atoms with E-state index in [0.717, 1.165) is 24.2 Å². The van der Waals surface area contributed by atoms with Gasteiger partial charge in [0.05, 0.1) is 12.0 Å². The summed E-state index contributed by atoms with van der Waals surface area (Å²) < 4.78 is 33.2. The molecule has 1 fully saturated rings. The lowest BCUT2D eigenvalue weighted by Crippen LogP contribution is -2.39. The van der Waals surface area contributed by atoms with Crippen LogP contribution >= 0.6 is 0 Å². The molecule has 1 atom stereocenters. The molecular weight excluding hydrogens is 360 g/mol. The van der Waals surface area contributed by atoms with Crippen LogP contribution in [-0.2, 0) is 10.0 Å². The van der Waals surface area contributed by atoms with Crippen LogP contribution in [0.15, 0.2) is 47.4 Å². The molecule has 0 spiro atoms. The number of hydrogen-bond donors (Lipinski definition) is 1. The Balaban J connectivity index is 1.76. The quantitative estimate of drug-likeness (QED) is 0.787. The van der Waals surface area contributed by atoms with Gasteiger partial charge in [-0.2, -0.15) is 0 Å². The van der Waals surface area contributed by atoms with E-state index >= 15 is 0 Å². The van der Waals surface area contributed by atoms with E-state index in [4.69, 9.17) is 4.74 Å².